The van der Waals surface area contributed by atoms with Gasteiger partial charge in [-0.2, -0.15) is 0 Å². The van der Waals surface area contributed by atoms with Gasteiger partial charge in [0.1, 0.15) is 0 Å². The Balaban J connectivity index is 1.73. The van der Waals surface area contributed by atoms with Crippen molar-refractivity contribution in [3.63, 3.8) is 0 Å². The van der Waals surface area contributed by atoms with E-state index in [1.165, 1.54) is 5.56 Å². The van der Waals surface area contributed by atoms with Crippen molar-refractivity contribution in [3.05, 3.63) is 23.3 Å². The SMILES string of the molecule is O[C@@H]1CC[C@@H]2N3CC[C@@]2(c2cc4c(cc2C3)OCO4)[C@@H]1O. The molecule has 112 valence electrons. The average Bonchev–Trinajstić information content (AvgIpc) is 3.04. The van der Waals surface area contributed by atoms with Crippen molar-refractivity contribution < 1.29 is 19.7 Å². The van der Waals surface area contributed by atoms with E-state index >= 15 is 0 Å². The molecule has 5 nitrogen and oxygen atoms in total. The Hall–Kier alpha value is -1.30. The lowest BCUT2D eigenvalue weighted by molar-refractivity contribution is -0.0810. The minimum Gasteiger partial charge on any atom is -0.454 e. The number of aliphatic hydroxyl groups is 2. The highest BCUT2D eigenvalue weighted by atomic mass is 16.7. The fraction of sp³-hybridized carbons (Fsp3) is 0.625. The van der Waals surface area contributed by atoms with E-state index in [1.54, 1.807) is 0 Å². The molecule has 1 unspecified atom stereocenters. The highest BCUT2D eigenvalue weighted by Crippen LogP contribution is 2.55. The first kappa shape index (κ1) is 12.3. The van der Waals surface area contributed by atoms with Crippen LogP contribution in [0.1, 0.15) is 30.4 Å². The van der Waals surface area contributed by atoms with Gasteiger partial charge in [0.2, 0.25) is 6.79 Å². The largest absolute Gasteiger partial charge is 0.454 e. The Bertz CT molecular complexity index is 619. The van der Waals surface area contributed by atoms with Crippen molar-refractivity contribution in [2.75, 3.05) is 13.3 Å². The summed E-state index contributed by atoms with van der Waals surface area (Å²) >= 11 is 0. The quantitative estimate of drug-likeness (QED) is 0.738. The van der Waals surface area contributed by atoms with Crippen molar-refractivity contribution in [2.24, 2.45) is 0 Å². The van der Waals surface area contributed by atoms with Gasteiger partial charge in [0, 0.05) is 18.0 Å². The Morgan fingerprint density at radius 3 is 2.81 bits per heavy atom. The first-order valence-corrected chi connectivity index (χ1v) is 7.73. The topological polar surface area (TPSA) is 62.2 Å². The molecule has 5 rings (SSSR count). The van der Waals surface area contributed by atoms with Crippen molar-refractivity contribution in [1.82, 2.24) is 4.90 Å². The van der Waals surface area contributed by atoms with Gasteiger partial charge in [0.05, 0.1) is 12.2 Å². The van der Waals surface area contributed by atoms with Gasteiger partial charge in [-0.1, -0.05) is 0 Å². The minimum absolute atomic E-state index is 0.267. The predicted octanol–water partition coefficient (Wildman–Crippen LogP) is 0.757. The number of fused-ring (bicyclic) bond motifs is 2. The molecule has 2 fully saturated rings. The monoisotopic (exact) mass is 289 g/mol. The molecular formula is C16H19NO4. The van der Waals surface area contributed by atoms with E-state index in [9.17, 15) is 10.2 Å². The van der Waals surface area contributed by atoms with Crippen LogP contribution in [0.25, 0.3) is 0 Å². The smallest absolute Gasteiger partial charge is 0.231 e. The highest BCUT2D eigenvalue weighted by molar-refractivity contribution is 5.54. The van der Waals surface area contributed by atoms with Crippen molar-refractivity contribution in [2.45, 2.75) is 49.5 Å². The number of nitrogens with zero attached hydrogens (tertiary/aromatic N) is 1. The van der Waals surface area contributed by atoms with Crippen LogP contribution >= 0.6 is 0 Å². The van der Waals surface area contributed by atoms with Crippen LogP contribution in [0.3, 0.4) is 0 Å². The molecule has 1 aliphatic carbocycles. The second-order valence-electron chi connectivity index (χ2n) is 6.73. The van der Waals surface area contributed by atoms with Crippen LogP contribution in [-0.4, -0.2) is 46.7 Å². The normalized spacial score (nSPS) is 42.6. The molecule has 5 atom stereocenters. The Morgan fingerprint density at radius 2 is 1.95 bits per heavy atom. The van der Waals surface area contributed by atoms with E-state index in [0.29, 0.717) is 12.5 Å². The van der Waals surface area contributed by atoms with Gasteiger partial charge >= 0.3 is 0 Å². The van der Waals surface area contributed by atoms with E-state index in [-0.39, 0.29) is 12.2 Å². The lowest BCUT2D eigenvalue weighted by Crippen LogP contribution is -2.60. The van der Waals surface area contributed by atoms with Crippen LogP contribution < -0.4 is 9.47 Å². The number of hydrogen-bond donors (Lipinski definition) is 2. The second kappa shape index (κ2) is 3.91. The number of benzene rings is 1. The molecule has 3 aliphatic heterocycles. The third kappa shape index (κ3) is 1.37. The van der Waals surface area contributed by atoms with Crippen LogP contribution in [0.15, 0.2) is 12.1 Å². The maximum atomic E-state index is 10.8. The summed E-state index contributed by atoms with van der Waals surface area (Å²) in [5.74, 6) is 1.57. The van der Waals surface area contributed by atoms with Crippen molar-refractivity contribution in [3.8, 4) is 11.5 Å². The lowest BCUT2D eigenvalue weighted by atomic mass is 9.61. The predicted molar refractivity (Wildman–Crippen MR) is 74.3 cm³/mol. The van der Waals surface area contributed by atoms with E-state index in [4.69, 9.17) is 9.47 Å². The molecule has 1 aromatic carbocycles. The van der Waals surface area contributed by atoms with Gasteiger partial charge in [-0.25, -0.2) is 0 Å². The summed E-state index contributed by atoms with van der Waals surface area (Å²) in [4.78, 5) is 2.46. The molecule has 0 amide bonds. The Labute approximate surface area is 123 Å². The first-order chi connectivity index (χ1) is 10.2. The number of rotatable bonds is 0. The van der Waals surface area contributed by atoms with Crippen LogP contribution in [0.2, 0.25) is 0 Å². The molecular weight excluding hydrogens is 270 g/mol. The van der Waals surface area contributed by atoms with Crippen molar-refractivity contribution in [1.29, 1.82) is 0 Å². The molecule has 4 aliphatic rings. The minimum atomic E-state index is -0.694. The fourth-order valence-corrected chi connectivity index (χ4v) is 5.02. The Kier molecular flexibility index (Phi) is 2.28. The summed E-state index contributed by atoms with van der Waals surface area (Å²) in [5.41, 5.74) is 2.03. The molecule has 3 heterocycles. The standard InChI is InChI=1S/C16H19NO4/c18-11-1-2-14-16(15(11)19)3-4-17(14)7-9-5-12-13(6-10(9)16)21-8-20-12/h5-6,11,14-15,18-19H,1-4,7-8H2/t11-,14+,15-,16+/m1/s1. The van der Waals surface area contributed by atoms with Crippen LogP contribution in [-0.2, 0) is 12.0 Å². The number of aliphatic hydroxyl groups excluding tert-OH is 2. The second-order valence-corrected chi connectivity index (χ2v) is 6.73. The summed E-state index contributed by atoms with van der Waals surface area (Å²) in [5, 5.41) is 21.0. The summed E-state index contributed by atoms with van der Waals surface area (Å²) in [6, 6.07) is 4.44. The summed E-state index contributed by atoms with van der Waals surface area (Å²) in [7, 11) is 0. The van der Waals surface area contributed by atoms with E-state index in [1.807, 2.05) is 0 Å². The molecule has 1 saturated heterocycles. The average molecular weight is 289 g/mol. The molecule has 1 saturated carbocycles. The van der Waals surface area contributed by atoms with Gasteiger partial charge in [0.15, 0.2) is 11.5 Å². The molecule has 2 bridgehead atoms. The van der Waals surface area contributed by atoms with Crippen LogP contribution in [0, 0.1) is 0 Å². The van der Waals surface area contributed by atoms with Gasteiger partial charge < -0.3 is 19.7 Å². The van der Waals surface area contributed by atoms with Crippen molar-refractivity contribution >= 4 is 0 Å². The third-order valence-electron chi connectivity index (χ3n) is 5.95. The zero-order valence-electron chi connectivity index (χ0n) is 11.8. The zero-order valence-corrected chi connectivity index (χ0v) is 11.8. The fourth-order valence-electron chi connectivity index (χ4n) is 5.02. The highest BCUT2D eigenvalue weighted by Gasteiger charge is 2.60. The maximum absolute atomic E-state index is 10.8. The molecule has 2 N–H and O–H groups in total. The lowest BCUT2D eigenvalue weighted by Gasteiger charge is -2.51. The molecule has 0 aromatic heterocycles. The summed E-state index contributed by atoms with van der Waals surface area (Å²) in [6.45, 7) is 2.15. The van der Waals surface area contributed by atoms with Crippen LogP contribution in [0.5, 0.6) is 11.5 Å². The number of ether oxygens (including phenoxy) is 2. The van der Waals surface area contributed by atoms with E-state index in [0.717, 1.165) is 43.0 Å². The zero-order chi connectivity index (χ0) is 14.2. The van der Waals surface area contributed by atoms with Crippen LogP contribution in [0.4, 0.5) is 0 Å². The summed E-state index contributed by atoms with van der Waals surface area (Å²) < 4.78 is 11.0. The third-order valence-corrected chi connectivity index (χ3v) is 5.95. The molecule has 1 aromatic rings. The van der Waals surface area contributed by atoms with E-state index in [2.05, 4.69) is 17.0 Å². The molecule has 0 spiro atoms. The van der Waals surface area contributed by atoms with Gasteiger partial charge in [-0.15, -0.1) is 0 Å². The Morgan fingerprint density at radius 1 is 1.14 bits per heavy atom. The van der Waals surface area contributed by atoms with Gasteiger partial charge in [-0.05, 0) is 49.1 Å². The maximum Gasteiger partial charge on any atom is 0.231 e. The molecule has 5 heteroatoms. The molecule has 0 radical (unpaired) electrons. The summed E-state index contributed by atoms with van der Waals surface area (Å²) in [6.07, 6.45) is 1.22. The number of hydrogen-bond acceptors (Lipinski definition) is 5. The van der Waals surface area contributed by atoms with E-state index < -0.39 is 12.2 Å². The van der Waals surface area contributed by atoms with Gasteiger partial charge in [-0.3, -0.25) is 4.90 Å². The molecule has 21 heavy (non-hydrogen) atoms. The first-order valence-electron chi connectivity index (χ1n) is 7.73. The van der Waals surface area contributed by atoms with Gasteiger partial charge in [0.25, 0.3) is 0 Å².